The molecule has 4 rings (SSSR count). The molecule has 2 amide bonds. The van der Waals surface area contributed by atoms with Gasteiger partial charge in [0.25, 0.3) is 36.2 Å². The summed E-state index contributed by atoms with van der Waals surface area (Å²) in [5, 5.41) is 5.01. The Morgan fingerprint density at radius 3 is 1.59 bits per heavy atom. The summed E-state index contributed by atoms with van der Waals surface area (Å²) < 4.78 is 138. The van der Waals surface area contributed by atoms with Crippen LogP contribution in [0.4, 0.5) is 11.4 Å². The molecule has 0 aliphatic carbocycles. The summed E-state index contributed by atoms with van der Waals surface area (Å²) in [5.74, 6) is -2.92. The van der Waals surface area contributed by atoms with Gasteiger partial charge in [0.2, 0.25) is 17.5 Å². The van der Waals surface area contributed by atoms with Gasteiger partial charge in [-0.25, -0.2) is 0 Å². The van der Waals surface area contributed by atoms with Gasteiger partial charge >= 0.3 is 10.1 Å². The van der Waals surface area contributed by atoms with E-state index in [4.69, 9.17) is 9.11 Å². The second-order valence-corrected chi connectivity index (χ2v) is 30.6. The molecular weight excluding hydrogens is 1710 g/mol. The van der Waals surface area contributed by atoms with E-state index < -0.39 is 74.4 Å². The lowest BCUT2D eigenvalue weighted by atomic mass is 9.75. The van der Waals surface area contributed by atoms with Crippen LogP contribution in [0, 0.1) is 21.4 Å². The average Bonchev–Trinajstić information content (AvgIpc) is 3.61. The Kier molecular flexibility index (Phi) is 25.3. The number of amides is 2. The predicted octanol–water partition coefficient (Wildman–Crippen LogP) is 9.03. The van der Waals surface area contributed by atoms with Crippen molar-refractivity contribution in [2.24, 2.45) is 0 Å². The molecule has 73 heavy (non-hydrogen) atoms. The topological polar surface area (TPSA) is 282 Å². The van der Waals surface area contributed by atoms with E-state index in [9.17, 15) is 52.4 Å². The van der Waals surface area contributed by atoms with Crippen LogP contribution in [-0.2, 0) is 60.9 Å². The molecule has 6 N–H and O–H groups in total. The van der Waals surface area contributed by atoms with Crippen LogP contribution in [0.25, 0.3) is 0 Å². The second kappa shape index (κ2) is 28.3. The first-order chi connectivity index (χ1) is 33.8. The van der Waals surface area contributed by atoms with Crippen molar-refractivity contribution in [3.8, 4) is 0 Å². The van der Waals surface area contributed by atoms with Crippen LogP contribution >= 0.6 is 136 Å². The number of anilines is 1. The van der Waals surface area contributed by atoms with Gasteiger partial charge in [0.05, 0.1) is 28.2 Å². The summed E-state index contributed by atoms with van der Waals surface area (Å²) in [4.78, 5) is 26.8. The van der Waals surface area contributed by atoms with Gasteiger partial charge in [0, 0.05) is 88.4 Å². The summed E-state index contributed by atoms with van der Waals surface area (Å²) in [6.07, 6.45) is 18.4. The number of carbonyl (C=O) groups is 2. The first kappa shape index (κ1) is 65.3. The molecule has 2 aromatic carbocycles. The van der Waals surface area contributed by atoms with Gasteiger partial charge < -0.3 is 15.5 Å². The normalized spacial score (nSPS) is 19.0. The highest BCUT2D eigenvalue weighted by Gasteiger charge is 2.50. The first-order valence-corrected chi connectivity index (χ1v) is 35.5. The molecule has 2 atom stereocenters. The molecule has 0 bridgehead atoms. The SMILES string of the molecule is CC1(CCCCCC(=O)NCCS(=O)(=O)O)C(=CC=CC=CC=CC2=[N+](CS(=O)(=O)O)c3cc(I)c(I)c(I)c3C2(C)CCCCCC(=O)NCCS(=O)(=O)O)N(CCCS(=O)(=O)O)c2cc(I)c(I)c(I)c21. The van der Waals surface area contributed by atoms with Gasteiger partial charge in [-0.05, 0) is 194 Å². The Hall–Kier alpha value is -0.170. The highest BCUT2D eigenvalue weighted by molar-refractivity contribution is 14.1. The van der Waals surface area contributed by atoms with E-state index in [1.54, 1.807) is 16.7 Å². The molecule has 2 aliphatic heterocycles. The Morgan fingerprint density at radius 1 is 0.589 bits per heavy atom. The summed E-state index contributed by atoms with van der Waals surface area (Å²) in [5.41, 5.74) is 3.83. The van der Waals surface area contributed by atoms with Crippen molar-refractivity contribution in [2.45, 2.75) is 95.3 Å². The zero-order chi connectivity index (χ0) is 54.7. The molecule has 0 saturated heterocycles. The fourth-order valence-electron chi connectivity index (χ4n) is 8.94. The molecule has 406 valence electrons. The fourth-order valence-corrected chi connectivity index (χ4v) is 16.1. The maximum absolute atomic E-state index is 12.6. The molecular formula is C45H57I6N4O14S4+. The lowest BCUT2D eigenvalue weighted by molar-refractivity contribution is -0.416. The van der Waals surface area contributed by atoms with Gasteiger partial charge in [-0.1, -0.05) is 56.1 Å². The number of hydrogen-bond acceptors (Lipinski definition) is 11. The molecule has 0 spiro atoms. The third kappa shape index (κ3) is 19.6. The Morgan fingerprint density at radius 2 is 1.07 bits per heavy atom. The Bertz CT molecular complexity index is 3040. The average molecular weight is 1770 g/mol. The van der Waals surface area contributed by atoms with Crippen LogP contribution in [0.3, 0.4) is 0 Å². The van der Waals surface area contributed by atoms with Crippen LogP contribution in [0.5, 0.6) is 0 Å². The van der Waals surface area contributed by atoms with Gasteiger partial charge in [0.1, 0.15) is 0 Å². The number of rotatable bonds is 28. The molecule has 0 fully saturated rings. The minimum Gasteiger partial charge on any atom is -0.355 e. The summed E-state index contributed by atoms with van der Waals surface area (Å²) in [6, 6.07) is 3.99. The summed E-state index contributed by atoms with van der Waals surface area (Å²) in [6.45, 7) is 4.08. The number of allylic oxidation sites excluding steroid dienone is 8. The zero-order valence-electron chi connectivity index (χ0n) is 39.6. The largest absolute Gasteiger partial charge is 0.355 e. The third-order valence-corrected chi connectivity index (χ3v) is 25.3. The van der Waals surface area contributed by atoms with E-state index in [2.05, 4.69) is 164 Å². The molecule has 2 unspecified atom stereocenters. The number of nitrogens with zero attached hydrogens (tertiary/aromatic N) is 2. The number of halogens is 6. The quantitative estimate of drug-likeness (QED) is 0.0116. The highest BCUT2D eigenvalue weighted by atomic mass is 127. The Balaban J connectivity index is 1.65. The van der Waals surface area contributed by atoms with E-state index in [1.807, 2.05) is 43.4 Å². The fraction of sp³-hybridized carbons (Fsp3) is 0.489. The summed E-state index contributed by atoms with van der Waals surface area (Å²) >= 11 is 13.7. The molecule has 28 heteroatoms. The molecule has 2 aromatic rings. The number of unbranched alkanes of at least 4 members (excludes halogenated alkanes) is 4. The number of fused-ring (bicyclic) bond motifs is 2. The second-order valence-electron chi connectivity index (χ2n) is 17.8. The highest BCUT2D eigenvalue weighted by Crippen LogP contribution is 2.54. The van der Waals surface area contributed by atoms with Crippen molar-refractivity contribution in [3.05, 3.63) is 92.9 Å². The standard InChI is InChI=1S/C45H56I6N4O14S4/c1-44(19-12-6-10-17-36(56)52-21-25-71(61,62)63)34(54(23-14-24-70(58,59)60)32-27-30(46)40(48)42(50)38(32)44)15-8-4-3-5-9-16-35-45(2,20-13-7-11-18-37(57)53-22-26-72(64,65)66)39-33(55(35)29-73(67,68)69)28-31(47)41(49)43(39)51/h3-5,8-9,15-16,27-28H,6-7,10-14,17-26,29H2,1-2H3,(H5-,52,53,56,57,58,59,60,61,62,63,64,65,66,67,68,69)/p+1. The monoisotopic (exact) mass is 1770 g/mol. The zero-order valence-corrected chi connectivity index (χ0v) is 55.8. The Labute approximate surface area is 510 Å². The maximum atomic E-state index is 12.6. The smallest absolute Gasteiger partial charge is 0.326 e. The van der Waals surface area contributed by atoms with Crippen molar-refractivity contribution in [1.29, 1.82) is 0 Å². The minimum atomic E-state index is -4.51. The molecule has 2 aliphatic rings. The van der Waals surface area contributed by atoms with Gasteiger partial charge in [0.15, 0.2) is 5.71 Å². The van der Waals surface area contributed by atoms with Gasteiger partial charge in [-0.15, -0.1) is 0 Å². The summed E-state index contributed by atoms with van der Waals surface area (Å²) in [7, 11) is -17.1. The van der Waals surface area contributed by atoms with Crippen molar-refractivity contribution in [1.82, 2.24) is 10.6 Å². The minimum absolute atomic E-state index is 0.151. The molecule has 0 saturated carbocycles. The number of benzene rings is 2. The molecule has 2 heterocycles. The van der Waals surface area contributed by atoms with Crippen LogP contribution in [0.1, 0.15) is 95.6 Å². The van der Waals surface area contributed by atoms with Gasteiger partial charge in [-0.2, -0.15) is 38.2 Å². The molecule has 0 radical (unpaired) electrons. The van der Waals surface area contributed by atoms with Crippen LogP contribution in [0.2, 0.25) is 0 Å². The van der Waals surface area contributed by atoms with Gasteiger partial charge in [-0.3, -0.25) is 27.8 Å². The molecule has 18 nitrogen and oxygen atoms in total. The van der Waals surface area contributed by atoms with Crippen molar-refractivity contribution in [3.63, 3.8) is 0 Å². The van der Waals surface area contributed by atoms with E-state index in [1.165, 1.54) is 0 Å². The third-order valence-electron chi connectivity index (χ3n) is 12.2. The van der Waals surface area contributed by atoms with Crippen molar-refractivity contribution in [2.75, 3.05) is 47.7 Å². The number of hydrogen-bond donors (Lipinski definition) is 6. The first-order valence-electron chi connectivity index (χ1n) is 22.6. The van der Waals surface area contributed by atoms with E-state index in [0.29, 0.717) is 69.3 Å². The number of carbonyl (C=O) groups excluding carboxylic acids is 2. The van der Waals surface area contributed by atoms with Crippen molar-refractivity contribution >= 4 is 205 Å². The lowest BCUT2D eigenvalue weighted by Crippen LogP contribution is -2.33. The molecule has 0 aromatic heterocycles. The van der Waals surface area contributed by atoms with Crippen LogP contribution < -0.4 is 15.5 Å². The van der Waals surface area contributed by atoms with Crippen LogP contribution in [0.15, 0.2) is 60.4 Å². The van der Waals surface area contributed by atoms with Crippen molar-refractivity contribution < 1.29 is 66.0 Å². The van der Waals surface area contributed by atoms with Crippen LogP contribution in [-0.4, -0.2) is 117 Å². The van der Waals surface area contributed by atoms with E-state index >= 15 is 0 Å². The lowest BCUT2D eigenvalue weighted by Gasteiger charge is -2.31. The van der Waals surface area contributed by atoms with E-state index in [-0.39, 0.29) is 44.2 Å². The van der Waals surface area contributed by atoms with E-state index in [0.717, 1.165) is 43.9 Å². The predicted molar refractivity (Wildman–Crippen MR) is 334 cm³/mol. The number of nitrogens with one attached hydrogen (secondary N) is 2. The maximum Gasteiger partial charge on any atom is 0.326 e.